The summed E-state index contributed by atoms with van der Waals surface area (Å²) in [4.78, 5) is 12.5. The van der Waals surface area contributed by atoms with Crippen LogP contribution in [0.1, 0.15) is 0 Å². The van der Waals surface area contributed by atoms with Gasteiger partial charge in [-0.15, -0.1) is 0 Å². The van der Waals surface area contributed by atoms with Crippen LogP contribution in [0.4, 0.5) is 11.6 Å². The van der Waals surface area contributed by atoms with Gasteiger partial charge in [-0.1, -0.05) is 35.0 Å². The van der Waals surface area contributed by atoms with Crippen molar-refractivity contribution in [2.24, 2.45) is 0 Å². The molecule has 0 radical (unpaired) electrons. The van der Waals surface area contributed by atoms with Gasteiger partial charge in [-0.05, 0) is 6.07 Å². The molecule has 0 bridgehead atoms. The molecule has 2 aromatic rings. The molecule has 0 aliphatic heterocycles. The first kappa shape index (κ1) is 12.2. The SMILES string of the molecule is Nc1nc(Cl)cnc1Sc1ccnc(N)c1Cl. The first-order chi connectivity index (χ1) is 8.08. The fourth-order valence-electron chi connectivity index (χ4n) is 1.07. The second kappa shape index (κ2) is 4.95. The average molecular weight is 288 g/mol. The quantitative estimate of drug-likeness (QED) is 0.882. The zero-order valence-electron chi connectivity index (χ0n) is 8.39. The molecule has 0 saturated heterocycles. The average Bonchev–Trinajstić information content (AvgIpc) is 2.28. The Kier molecular flexibility index (Phi) is 3.56. The topological polar surface area (TPSA) is 90.7 Å². The molecule has 0 aliphatic rings. The number of nitrogens with zero attached hydrogens (tertiary/aromatic N) is 3. The van der Waals surface area contributed by atoms with E-state index in [-0.39, 0.29) is 16.8 Å². The number of hydrogen-bond acceptors (Lipinski definition) is 6. The van der Waals surface area contributed by atoms with Crippen LogP contribution in [-0.2, 0) is 0 Å². The van der Waals surface area contributed by atoms with Crippen LogP contribution >= 0.6 is 35.0 Å². The summed E-state index contributed by atoms with van der Waals surface area (Å²) in [7, 11) is 0. The fourth-order valence-corrected chi connectivity index (χ4v) is 2.23. The summed E-state index contributed by atoms with van der Waals surface area (Å²) in [5.74, 6) is 0.506. The Morgan fingerprint density at radius 3 is 2.59 bits per heavy atom. The molecule has 0 spiro atoms. The molecule has 0 unspecified atom stereocenters. The van der Waals surface area contributed by atoms with Gasteiger partial charge in [0.1, 0.15) is 16.0 Å². The van der Waals surface area contributed by atoms with Crippen LogP contribution in [0.25, 0.3) is 0 Å². The van der Waals surface area contributed by atoms with Gasteiger partial charge in [0.25, 0.3) is 0 Å². The third-order valence-corrected chi connectivity index (χ3v) is 3.58. The molecule has 2 rings (SSSR count). The van der Waals surface area contributed by atoms with E-state index in [1.165, 1.54) is 18.0 Å². The van der Waals surface area contributed by atoms with E-state index in [9.17, 15) is 0 Å². The van der Waals surface area contributed by atoms with Crippen molar-refractivity contribution in [3.63, 3.8) is 0 Å². The minimum atomic E-state index is 0.243. The van der Waals surface area contributed by atoms with E-state index in [0.29, 0.717) is 14.9 Å². The van der Waals surface area contributed by atoms with Crippen LogP contribution in [-0.4, -0.2) is 15.0 Å². The van der Waals surface area contributed by atoms with Crippen molar-refractivity contribution in [2.45, 2.75) is 9.92 Å². The molecule has 2 heterocycles. The van der Waals surface area contributed by atoms with Gasteiger partial charge in [0.15, 0.2) is 5.82 Å². The van der Waals surface area contributed by atoms with Crippen molar-refractivity contribution in [1.29, 1.82) is 0 Å². The van der Waals surface area contributed by atoms with Crippen LogP contribution in [0.15, 0.2) is 28.4 Å². The van der Waals surface area contributed by atoms with Crippen LogP contribution in [0.3, 0.4) is 0 Å². The largest absolute Gasteiger partial charge is 0.382 e. The zero-order chi connectivity index (χ0) is 12.4. The Hall–Kier alpha value is -1.24. The number of anilines is 2. The Morgan fingerprint density at radius 1 is 1.12 bits per heavy atom. The Balaban J connectivity index is 2.35. The number of hydrogen-bond donors (Lipinski definition) is 2. The molecule has 0 aromatic carbocycles. The maximum atomic E-state index is 6.00. The normalized spacial score (nSPS) is 10.5. The fraction of sp³-hybridized carbons (Fsp3) is 0. The molecule has 0 fully saturated rings. The van der Waals surface area contributed by atoms with Gasteiger partial charge in [-0.3, -0.25) is 0 Å². The maximum absolute atomic E-state index is 6.00. The molecule has 0 amide bonds. The predicted octanol–water partition coefficient (Wildman–Crippen LogP) is 2.49. The van der Waals surface area contributed by atoms with Crippen LogP contribution < -0.4 is 11.5 Å². The van der Waals surface area contributed by atoms with Crippen molar-refractivity contribution in [3.8, 4) is 0 Å². The highest BCUT2D eigenvalue weighted by Gasteiger charge is 2.10. The number of nitrogen functional groups attached to an aromatic ring is 2. The number of pyridine rings is 1. The van der Waals surface area contributed by atoms with Crippen molar-refractivity contribution in [1.82, 2.24) is 15.0 Å². The standard InChI is InChI=1S/C9H7Cl2N5S/c10-5-3-15-9(8(13)16-5)17-4-1-2-14-7(12)6(4)11/h1-3H,(H2,12,14)(H2,13,16). The molecule has 2 aromatic heterocycles. The molecule has 5 nitrogen and oxygen atoms in total. The number of halogens is 2. The van der Waals surface area contributed by atoms with Crippen LogP contribution in [0.5, 0.6) is 0 Å². The summed E-state index contributed by atoms with van der Waals surface area (Å²) in [6, 6.07) is 1.72. The summed E-state index contributed by atoms with van der Waals surface area (Å²) in [6.07, 6.45) is 2.97. The van der Waals surface area contributed by atoms with E-state index < -0.39 is 0 Å². The number of rotatable bonds is 2. The van der Waals surface area contributed by atoms with Gasteiger partial charge in [-0.2, -0.15) is 0 Å². The van der Waals surface area contributed by atoms with E-state index in [1.807, 2.05) is 0 Å². The minimum absolute atomic E-state index is 0.243. The van der Waals surface area contributed by atoms with Crippen molar-refractivity contribution < 1.29 is 0 Å². The van der Waals surface area contributed by atoms with Crippen LogP contribution in [0.2, 0.25) is 10.2 Å². The van der Waals surface area contributed by atoms with Crippen molar-refractivity contribution >= 4 is 46.6 Å². The van der Waals surface area contributed by atoms with Gasteiger partial charge in [0.05, 0.1) is 11.2 Å². The highest BCUT2D eigenvalue weighted by Crippen LogP contribution is 2.36. The van der Waals surface area contributed by atoms with Gasteiger partial charge >= 0.3 is 0 Å². The number of nitrogens with two attached hydrogens (primary N) is 2. The lowest BCUT2D eigenvalue weighted by Crippen LogP contribution is -1.97. The monoisotopic (exact) mass is 287 g/mol. The van der Waals surface area contributed by atoms with E-state index in [1.54, 1.807) is 12.3 Å². The minimum Gasteiger partial charge on any atom is -0.382 e. The summed E-state index contributed by atoms with van der Waals surface area (Å²) >= 11 is 12.9. The Labute approximate surface area is 112 Å². The van der Waals surface area contributed by atoms with Gasteiger partial charge in [0.2, 0.25) is 0 Å². The molecule has 88 valence electrons. The number of aromatic nitrogens is 3. The molecule has 4 N–H and O–H groups in total. The summed E-state index contributed by atoms with van der Waals surface area (Å²) < 4.78 is 0. The molecule has 8 heteroatoms. The van der Waals surface area contributed by atoms with E-state index in [0.717, 1.165) is 0 Å². The summed E-state index contributed by atoms with van der Waals surface area (Å²) in [5.41, 5.74) is 11.3. The van der Waals surface area contributed by atoms with E-state index >= 15 is 0 Å². The molecule has 0 atom stereocenters. The second-order valence-corrected chi connectivity index (χ2v) is 4.79. The zero-order valence-corrected chi connectivity index (χ0v) is 10.7. The van der Waals surface area contributed by atoms with Gasteiger partial charge in [0, 0.05) is 11.1 Å². The van der Waals surface area contributed by atoms with E-state index in [4.69, 9.17) is 34.7 Å². The molecular formula is C9H7Cl2N5S. The third kappa shape index (κ3) is 2.71. The molecule has 17 heavy (non-hydrogen) atoms. The maximum Gasteiger partial charge on any atom is 0.158 e. The molecule has 0 aliphatic carbocycles. The smallest absolute Gasteiger partial charge is 0.158 e. The predicted molar refractivity (Wildman–Crippen MR) is 69.2 cm³/mol. The lowest BCUT2D eigenvalue weighted by molar-refractivity contribution is 1.07. The first-order valence-electron chi connectivity index (χ1n) is 4.44. The Bertz CT molecular complexity index is 563. The Morgan fingerprint density at radius 2 is 1.88 bits per heavy atom. The van der Waals surface area contributed by atoms with Crippen molar-refractivity contribution in [2.75, 3.05) is 11.5 Å². The summed E-state index contributed by atoms with van der Waals surface area (Å²) in [5, 5.41) is 1.13. The lowest BCUT2D eigenvalue weighted by Gasteiger charge is -2.06. The molecule has 0 saturated carbocycles. The van der Waals surface area contributed by atoms with Gasteiger partial charge < -0.3 is 11.5 Å². The van der Waals surface area contributed by atoms with E-state index in [2.05, 4.69) is 15.0 Å². The highest BCUT2D eigenvalue weighted by atomic mass is 35.5. The van der Waals surface area contributed by atoms with Crippen LogP contribution in [0, 0.1) is 0 Å². The first-order valence-corrected chi connectivity index (χ1v) is 6.01. The van der Waals surface area contributed by atoms with Gasteiger partial charge in [-0.25, -0.2) is 15.0 Å². The second-order valence-electron chi connectivity index (χ2n) is 2.99. The highest BCUT2D eigenvalue weighted by molar-refractivity contribution is 7.99. The third-order valence-electron chi connectivity index (χ3n) is 1.82. The summed E-state index contributed by atoms with van der Waals surface area (Å²) in [6.45, 7) is 0. The molecular weight excluding hydrogens is 281 g/mol. The van der Waals surface area contributed by atoms with Crippen molar-refractivity contribution in [3.05, 3.63) is 28.6 Å². The lowest BCUT2D eigenvalue weighted by atomic mass is 10.5.